The van der Waals surface area contributed by atoms with Gasteiger partial charge in [-0.1, -0.05) is 26.0 Å². The van der Waals surface area contributed by atoms with Crippen molar-refractivity contribution >= 4 is 12.0 Å². The number of rotatable bonds is 7. The summed E-state index contributed by atoms with van der Waals surface area (Å²) in [7, 11) is 0. The van der Waals surface area contributed by atoms with Crippen molar-refractivity contribution in [2.75, 3.05) is 6.54 Å². The Bertz CT molecular complexity index is 608. The van der Waals surface area contributed by atoms with Crippen LogP contribution in [0.4, 0.5) is 4.79 Å². The van der Waals surface area contributed by atoms with Gasteiger partial charge in [0.25, 0.3) is 0 Å². The molecule has 140 valence electrons. The molecule has 0 radical (unpaired) electrons. The zero-order valence-corrected chi connectivity index (χ0v) is 16.1. The third-order valence-electron chi connectivity index (χ3n) is 4.18. The topological polar surface area (TPSA) is 93.4 Å². The minimum absolute atomic E-state index is 0.266. The maximum absolute atomic E-state index is 11.9. The fraction of sp³-hybridized carbons (Fsp3) is 0.579. The molecule has 1 atom stereocenters. The van der Waals surface area contributed by atoms with Crippen molar-refractivity contribution in [3.05, 3.63) is 35.4 Å². The molecule has 1 aromatic rings. The van der Waals surface area contributed by atoms with E-state index in [1.54, 1.807) is 12.1 Å². The predicted molar refractivity (Wildman–Crippen MR) is 99.3 cm³/mol. The van der Waals surface area contributed by atoms with Crippen LogP contribution in [-0.4, -0.2) is 29.7 Å². The maximum atomic E-state index is 11.9. The standard InChI is InChI=1S/C19H31N3O3/c1-13(2)19(6,12-21-17(24)25-18(3,4)5)22-11-14-8-7-9-15(10-14)16(20)23/h7-10,13,22H,11-12H2,1-6H3,(H2,20,23)(H,21,24)/t19-/m1/s1. The van der Waals surface area contributed by atoms with E-state index in [0.717, 1.165) is 5.56 Å². The lowest BCUT2D eigenvalue weighted by atomic mass is 9.88. The van der Waals surface area contributed by atoms with Crippen LogP contribution in [0.3, 0.4) is 0 Å². The van der Waals surface area contributed by atoms with Crippen LogP contribution in [0.5, 0.6) is 0 Å². The average molecular weight is 349 g/mol. The van der Waals surface area contributed by atoms with Crippen LogP contribution in [0.2, 0.25) is 0 Å². The largest absolute Gasteiger partial charge is 0.444 e. The first kappa shape index (κ1) is 21.0. The summed E-state index contributed by atoms with van der Waals surface area (Å²) in [5.74, 6) is -0.179. The van der Waals surface area contributed by atoms with Gasteiger partial charge in [0.15, 0.2) is 0 Å². The van der Waals surface area contributed by atoms with Crippen molar-refractivity contribution in [2.24, 2.45) is 11.7 Å². The van der Waals surface area contributed by atoms with Crippen LogP contribution < -0.4 is 16.4 Å². The molecule has 0 saturated carbocycles. The van der Waals surface area contributed by atoms with Crippen molar-refractivity contribution in [2.45, 2.75) is 59.2 Å². The predicted octanol–water partition coefficient (Wildman–Crippen LogP) is 2.81. The molecule has 0 aromatic heterocycles. The number of ether oxygens (including phenoxy) is 1. The summed E-state index contributed by atoms with van der Waals surface area (Å²) in [5.41, 5.74) is 5.91. The van der Waals surface area contributed by atoms with Gasteiger partial charge in [-0.15, -0.1) is 0 Å². The number of alkyl carbamates (subject to hydrolysis) is 1. The summed E-state index contributed by atoms with van der Waals surface area (Å²) in [6.07, 6.45) is -0.433. The number of carbonyl (C=O) groups is 2. The average Bonchev–Trinajstić information content (AvgIpc) is 2.49. The molecule has 0 aliphatic heterocycles. The van der Waals surface area contributed by atoms with E-state index in [1.165, 1.54) is 0 Å². The zero-order valence-electron chi connectivity index (χ0n) is 16.1. The summed E-state index contributed by atoms with van der Waals surface area (Å²) < 4.78 is 5.29. The van der Waals surface area contributed by atoms with Crippen LogP contribution >= 0.6 is 0 Å². The monoisotopic (exact) mass is 349 g/mol. The highest BCUT2D eigenvalue weighted by Crippen LogP contribution is 2.17. The van der Waals surface area contributed by atoms with Crippen LogP contribution in [0, 0.1) is 5.92 Å². The van der Waals surface area contributed by atoms with Crippen molar-refractivity contribution < 1.29 is 14.3 Å². The molecule has 0 bridgehead atoms. The van der Waals surface area contributed by atoms with Gasteiger partial charge in [-0.2, -0.15) is 0 Å². The first-order chi connectivity index (χ1) is 11.4. The van der Waals surface area contributed by atoms with E-state index < -0.39 is 17.6 Å². The molecule has 4 N–H and O–H groups in total. The molecule has 1 aromatic carbocycles. The van der Waals surface area contributed by atoms with E-state index in [9.17, 15) is 9.59 Å². The molecule has 0 unspecified atom stereocenters. The zero-order chi connectivity index (χ0) is 19.3. The smallest absolute Gasteiger partial charge is 0.407 e. The third kappa shape index (κ3) is 7.13. The first-order valence-corrected chi connectivity index (χ1v) is 8.53. The molecule has 0 aliphatic rings. The molecule has 25 heavy (non-hydrogen) atoms. The molecule has 0 spiro atoms. The van der Waals surface area contributed by atoms with Crippen molar-refractivity contribution in [3.63, 3.8) is 0 Å². The number of benzene rings is 1. The van der Waals surface area contributed by atoms with Gasteiger partial charge < -0.3 is 21.1 Å². The highest BCUT2D eigenvalue weighted by molar-refractivity contribution is 5.92. The van der Waals surface area contributed by atoms with Gasteiger partial charge in [0, 0.05) is 24.2 Å². The Balaban J connectivity index is 2.71. The van der Waals surface area contributed by atoms with Crippen LogP contribution in [0.25, 0.3) is 0 Å². The van der Waals surface area contributed by atoms with E-state index in [-0.39, 0.29) is 11.5 Å². The van der Waals surface area contributed by atoms with Gasteiger partial charge in [0.05, 0.1) is 0 Å². The summed E-state index contributed by atoms with van der Waals surface area (Å²) in [5, 5.41) is 6.30. The fourth-order valence-corrected chi connectivity index (χ4v) is 2.18. The molecule has 1 rings (SSSR count). The van der Waals surface area contributed by atoms with Crippen molar-refractivity contribution in [3.8, 4) is 0 Å². The lowest BCUT2D eigenvalue weighted by Gasteiger charge is -2.35. The molecule has 6 nitrogen and oxygen atoms in total. The van der Waals surface area contributed by atoms with E-state index >= 15 is 0 Å². The van der Waals surface area contributed by atoms with Gasteiger partial charge in [-0.3, -0.25) is 4.79 Å². The second kappa shape index (κ2) is 8.34. The molecular weight excluding hydrogens is 318 g/mol. The Labute approximate surface area is 150 Å². The number of hydrogen-bond donors (Lipinski definition) is 3. The lowest BCUT2D eigenvalue weighted by Crippen LogP contribution is -2.55. The quantitative estimate of drug-likeness (QED) is 0.705. The van der Waals surface area contributed by atoms with Crippen molar-refractivity contribution in [1.29, 1.82) is 0 Å². The number of hydrogen-bond acceptors (Lipinski definition) is 4. The van der Waals surface area contributed by atoms with Crippen LogP contribution in [0.1, 0.15) is 57.5 Å². The number of nitrogens with one attached hydrogen (secondary N) is 2. The second-order valence-corrected chi connectivity index (χ2v) is 7.85. The number of nitrogens with two attached hydrogens (primary N) is 1. The van der Waals surface area contributed by atoms with Gasteiger partial charge in [-0.25, -0.2) is 4.79 Å². The highest BCUT2D eigenvalue weighted by atomic mass is 16.6. The molecule has 6 heteroatoms. The Hall–Kier alpha value is -2.08. The minimum atomic E-state index is -0.527. The fourth-order valence-electron chi connectivity index (χ4n) is 2.18. The van der Waals surface area contributed by atoms with Crippen molar-refractivity contribution in [1.82, 2.24) is 10.6 Å². The van der Waals surface area contributed by atoms with Gasteiger partial charge in [-0.05, 0) is 51.3 Å². The van der Waals surface area contributed by atoms with Gasteiger partial charge >= 0.3 is 6.09 Å². The number of amides is 2. The maximum Gasteiger partial charge on any atom is 0.407 e. The summed E-state index contributed by atoms with van der Waals surface area (Å²) in [6.45, 7) is 12.7. The van der Waals surface area contributed by atoms with Gasteiger partial charge in [0.2, 0.25) is 5.91 Å². The van der Waals surface area contributed by atoms with E-state index in [2.05, 4.69) is 24.5 Å². The van der Waals surface area contributed by atoms with Crippen LogP contribution in [-0.2, 0) is 11.3 Å². The van der Waals surface area contributed by atoms with Gasteiger partial charge in [0.1, 0.15) is 5.60 Å². The Morgan fingerprint density at radius 1 is 1.20 bits per heavy atom. The minimum Gasteiger partial charge on any atom is -0.444 e. The molecule has 0 saturated heterocycles. The summed E-state index contributed by atoms with van der Waals surface area (Å²) >= 11 is 0. The van der Waals surface area contributed by atoms with E-state index in [4.69, 9.17) is 10.5 Å². The Kier molecular flexibility index (Phi) is 6.99. The highest BCUT2D eigenvalue weighted by Gasteiger charge is 2.29. The third-order valence-corrected chi connectivity index (χ3v) is 4.18. The van der Waals surface area contributed by atoms with Crippen LogP contribution in [0.15, 0.2) is 24.3 Å². The molecule has 0 heterocycles. The molecule has 0 aliphatic carbocycles. The summed E-state index contributed by atoms with van der Waals surface area (Å²) in [6, 6.07) is 7.21. The summed E-state index contributed by atoms with van der Waals surface area (Å²) in [4.78, 5) is 23.2. The Morgan fingerprint density at radius 3 is 2.36 bits per heavy atom. The lowest BCUT2D eigenvalue weighted by molar-refractivity contribution is 0.0503. The SMILES string of the molecule is CC(C)[C@@](C)(CNC(=O)OC(C)(C)C)NCc1cccc(C(N)=O)c1. The molecule has 2 amide bonds. The number of carbonyl (C=O) groups excluding carboxylic acids is 2. The normalized spacial score (nSPS) is 14.0. The number of primary amides is 1. The molecule has 0 fully saturated rings. The molecular formula is C19H31N3O3. The van der Waals surface area contributed by atoms with E-state index in [0.29, 0.717) is 18.7 Å². The first-order valence-electron chi connectivity index (χ1n) is 8.53. The second-order valence-electron chi connectivity index (χ2n) is 7.85. The van der Waals surface area contributed by atoms with E-state index in [1.807, 2.05) is 39.8 Å². The Morgan fingerprint density at radius 2 is 1.84 bits per heavy atom.